The number of methoxy groups -OCH3 is 2. The molecule has 0 bridgehead atoms. The summed E-state index contributed by atoms with van der Waals surface area (Å²) in [5.74, 6) is 0.689. The zero-order chi connectivity index (χ0) is 20.4. The first-order valence-corrected chi connectivity index (χ1v) is 9.11. The first kappa shape index (κ1) is 18.8. The molecule has 0 spiro atoms. The van der Waals surface area contributed by atoms with E-state index >= 15 is 0 Å². The highest BCUT2D eigenvalue weighted by Gasteiger charge is 2.15. The van der Waals surface area contributed by atoms with E-state index in [9.17, 15) is 4.79 Å². The van der Waals surface area contributed by atoms with Crippen molar-refractivity contribution in [1.82, 2.24) is 14.6 Å². The fourth-order valence-corrected chi connectivity index (χ4v) is 3.13. The highest BCUT2D eigenvalue weighted by molar-refractivity contribution is 6.34. The third kappa shape index (κ3) is 3.72. The monoisotopic (exact) mass is 408 g/mol. The summed E-state index contributed by atoms with van der Waals surface area (Å²) in [4.78, 5) is 17.2. The summed E-state index contributed by atoms with van der Waals surface area (Å²) in [6.07, 6.45) is 1.79. The summed E-state index contributed by atoms with van der Waals surface area (Å²) in [7, 11) is 3.10. The van der Waals surface area contributed by atoms with Crippen LogP contribution in [0.5, 0.6) is 11.6 Å². The van der Waals surface area contributed by atoms with E-state index in [-0.39, 0.29) is 5.91 Å². The van der Waals surface area contributed by atoms with Crippen molar-refractivity contribution in [2.24, 2.45) is 0 Å². The molecule has 1 N–H and O–H groups in total. The van der Waals surface area contributed by atoms with Crippen LogP contribution in [0.2, 0.25) is 5.02 Å². The van der Waals surface area contributed by atoms with Crippen LogP contribution in [0, 0.1) is 0 Å². The van der Waals surface area contributed by atoms with Gasteiger partial charge in [0, 0.05) is 11.6 Å². The number of hydrogen-bond donors (Lipinski definition) is 1. The van der Waals surface area contributed by atoms with Gasteiger partial charge < -0.3 is 14.8 Å². The minimum absolute atomic E-state index is 0.326. The molecule has 0 aliphatic rings. The molecule has 8 heteroatoms. The number of nitrogens with one attached hydrogen (secondary N) is 1. The largest absolute Gasteiger partial charge is 0.495 e. The lowest BCUT2D eigenvalue weighted by Gasteiger charge is -2.12. The van der Waals surface area contributed by atoms with E-state index in [1.165, 1.54) is 0 Å². The zero-order valence-electron chi connectivity index (χ0n) is 15.7. The van der Waals surface area contributed by atoms with Gasteiger partial charge in [0.25, 0.3) is 5.91 Å². The van der Waals surface area contributed by atoms with E-state index in [1.54, 1.807) is 67.4 Å². The number of fused-ring (bicyclic) bond motifs is 1. The molecular weight excluding hydrogens is 392 g/mol. The summed E-state index contributed by atoms with van der Waals surface area (Å²) >= 11 is 6.13. The lowest BCUT2D eigenvalue weighted by molar-refractivity contribution is 0.102. The maximum absolute atomic E-state index is 12.7. The number of imidazole rings is 1. The van der Waals surface area contributed by atoms with E-state index in [1.807, 2.05) is 12.1 Å². The van der Waals surface area contributed by atoms with Gasteiger partial charge in [-0.3, -0.25) is 4.79 Å². The van der Waals surface area contributed by atoms with E-state index < -0.39 is 0 Å². The normalized spacial score (nSPS) is 10.7. The van der Waals surface area contributed by atoms with Crippen LogP contribution in [0.3, 0.4) is 0 Å². The van der Waals surface area contributed by atoms with Gasteiger partial charge in [-0.25, -0.2) is 9.50 Å². The van der Waals surface area contributed by atoms with Crippen LogP contribution in [-0.2, 0) is 0 Å². The summed E-state index contributed by atoms with van der Waals surface area (Å²) in [5.41, 5.74) is 3.06. The SMILES string of the molecule is COc1ccc2nc(-c3ccc(OC)c(NC(=O)c4ccccc4Cl)c3)cn2n1. The number of carbonyl (C=O) groups excluding carboxylic acids is 1. The summed E-state index contributed by atoms with van der Waals surface area (Å²) in [6, 6.07) is 15.9. The van der Waals surface area contributed by atoms with Gasteiger partial charge in [-0.1, -0.05) is 23.7 Å². The molecule has 0 saturated carbocycles. The van der Waals surface area contributed by atoms with Crippen LogP contribution in [0.4, 0.5) is 5.69 Å². The molecule has 7 nitrogen and oxygen atoms in total. The maximum Gasteiger partial charge on any atom is 0.257 e. The molecular formula is C21H17ClN4O3. The Labute approximate surface area is 171 Å². The maximum atomic E-state index is 12.7. The quantitative estimate of drug-likeness (QED) is 0.532. The highest BCUT2D eigenvalue weighted by Crippen LogP contribution is 2.31. The molecule has 29 heavy (non-hydrogen) atoms. The Morgan fingerprint density at radius 2 is 1.90 bits per heavy atom. The van der Waals surface area contributed by atoms with Crippen molar-refractivity contribution in [3.8, 4) is 22.9 Å². The molecule has 1 amide bonds. The third-order valence-electron chi connectivity index (χ3n) is 4.37. The van der Waals surface area contributed by atoms with Crippen molar-refractivity contribution in [2.75, 3.05) is 19.5 Å². The zero-order valence-corrected chi connectivity index (χ0v) is 16.5. The predicted molar refractivity (Wildman–Crippen MR) is 111 cm³/mol. The van der Waals surface area contributed by atoms with Gasteiger partial charge in [0.1, 0.15) is 5.75 Å². The van der Waals surface area contributed by atoms with Crippen LogP contribution < -0.4 is 14.8 Å². The average molecular weight is 409 g/mol. The van der Waals surface area contributed by atoms with Gasteiger partial charge in [-0.2, -0.15) is 0 Å². The molecule has 146 valence electrons. The van der Waals surface area contributed by atoms with Crippen LogP contribution in [-0.4, -0.2) is 34.7 Å². The third-order valence-corrected chi connectivity index (χ3v) is 4.70. The molecule has 0 radical (unpaired) electrons. The standard InChI is InChI=1S/C21H17ClN4O3/c1-28-18-8-7-13(17-12-26-19(23-17)9-10-20(25-26)29-2)11-16(18)24-21(27)14-5-3-4-6-15(14)22/h3-12H,1-2H3,(H,24,27). The van der Waals surface area contributed by atoms with Crippen molar-refractivity contribution in [2.45, 2.75) is 0 Å². The van der Waals surface area contributed by atoms with Crippen LogP contribution in [0.15, 0.2) is 60.8 Å². The Balaban J connectivity index is 1.70. The minimum Gasteiger partial charge on any atom is -0.495 e. The van der Waals surface area contributed by atoms with Crippen molar-refractivity contribution >= 4 is 28.8 Å². The summed E-state index contributed by atoms with van der Waals surface area (Å²) in [5, 5.41) is 7.55. The molecule has 0 saturated heterocycles. The molecule has 2 aromatic heterocycles. The average Bonchev–Trinajstić information content (AvgIpc) is 3.17. The molecule has 0 atom stereocenters. The number of halogens is 1. The highest BCUT2D eigenvalue weighted by atomic mass is 35.5. The fourth-order valence-electron chi connectivity index (χ4n) is 2.91. The Hall–Kier alpha value is -3.58. The van der Waals surface area contributed by atoms with E-state index in [2.05, 4.69) is 15.4 Å². The second-order valence-corrected chi connectivity index (χ2v) is 6.56. The van der Waals surface area contributed by atoms with E-state index in [0.717, 1.165) is 5.56 Å². The van der Waals surface area contributed by atoms with Gasteiger partial charge in [-0.15, -0.1) is 5.10 Å². The van der Waals surface area contributed by atoms with Crippen molar-refractivity contribution in [1.29, 1.82) is 0 Å². The molecule has 0 aliphatic heterocycles. The first-order chi connectivity index (χ1) is 14.1. The number of nitrogens with zero attached hydrogens (tertiary/aromatic N) is 3. The Kier molecular flexibility index (Phi) is 5.05. The Bertz CT molecular complexity index is 1210. The van der Waals surface area contributed by atoms with Crippen LogP contribution in [0.25, 0.3) is 16.9 Å². The van der Waals surface area contributed by atoms with Gasteiger partial charge in [0.15, 0.2) is 5.65 Å². The number of hydrogen-bond acceptors (Lipinski definition) is 5. The van der Waals surface area contributed by atoms with Crippen molar-refractivity contribution < 1.29 is 14.3 Å². The smallest absolute Gasteiger partial charge is 0.257 e. The van der Waals surface area contributed by atoms with Gasteiger partial charge >= 0.3 is 0 Å². The van der Waals surface area contributed by atoms with Gasteiger partial charge in [-0.05, 0) is 36.4 Å². The topological polar surface area (TPSA) is 77.8 Å². The lowest BCUT2D eigenvalue weighted by Crippen LogP contribution is -2.13. The van der Waals surface area contributed by atoms with Gasteiger partial charge in [0.2, 0.25) is 5.88 Å². The number of aromatic nitrogens is 3. The summed E-state index contributed by atoms with van der Waals surface area (Å²) < 4.78 is 12.2. The molecule has 2 heterocycles. The molecule has 0 unspecified atom stereocenters. The number of carbonyl (C=O) groups is 1. The van der Waals surface area contributed by atoms with Gasteiger partial charge in [0.05, 0.1) is 42.4 Å². The fraction of sp³-hybridized carbons (Fsp3) is 0.0952. The minimum atomic E-state index is -0.326. The lowest BCUT2D eigenvalue weighted by atomic mass is 10.1. The van der Waals surface area contributed by atoms with Crippen molar-refractivity contribution in [3.63, 3.8) is 0 Å². The number of benzene rings is 2. The molecule has 2 aromatic carbocycles. The molecule has 4 aromatic rings. The van der Waals surface area contributed by atoms with Crippen LogP contribution >= 0.6 is 11.6 Å². The Morgan fingerprint density at radius 3 is 2.66 bits per heavy atom. The number of amides is 1. The van der Waals surface area contributed by atoms with Crippen molar-refractivity contribution in [3.05, 3.63) is 71.4 Å². The number of ether oxygens (including phenoxy) is 2. The first-order valence-electron chi connectivity index (χ1n) is 8.74. The van der Waals surface area contributed by atoms with E-state index in [0.29, 0.717) is 39.2 Å². The molecule has 0 aliphatic carbocycles. The van der Waals surface area contributed by atoms with Crippen LogP contribution in [0.1, 0.15) is 10.4 Å². The van der Waals surface area contributed by atoms with E-state index in [4.69, 9.17) is 21.1 Å². The second kappa shape index (κ2) is 7.81. The number of rotatable bonds is 5. The number of anilines is 1. The molecule has 0 fully saturated rings. The Morgan fingerprint density at radius 1 is 1.07 bits per heavy atom. The summed E-state index contributed by atoms with van der Waals surface area (Å²) in [6.45, 7) is 0. The molecule has 4 rings (SSSR count). The second-order valence-electron chi connectivity index (χ2n) is 6.15. The predicted octanol–water partition coefficient (Wildman–Crippen LogP) is 4.32.